The van der Waals surface area contributed by atoms with Crippen LogP contribution in [0.15, 0.2) is 52.3 Å². The number of hydrogen-bond donors (Lipinski definition) is 0. The second kappa shape index (κ2) is 5.77. The summed E-state index contributed by atoms with van der Waals surface area (Å²) >= 11 is 1.41. The fourth-order valence-electron chi connectivity index (χ4n) is 2.43. The summed E-state index contributed by atoms with van der Waals surface area (Å²) in [5, 5.41) is 11.1. The Kier molecular flexibility index (Phi) is 3.81. The molecule has 0 N–H and O–H groups in total. The second-order valence-electron chi connectivity index (χ2n) is 4.93. The molecule has 0 saturated carbocycles. The number of fused-ring (bicyclic) bond motifs is 1. The second-order valence-corrected chi connectivity index (χ2v) is 6.02. The van der Waals surface area contributed by atoms with Crippen LogP contribution in [0.4, 0.5) is 5.69 Å². The van der Waals surface area contributed by atoms with E-state index in [2.05, 4.69) is 0 Å². The van der Waals surface area contributed by atoms with Gasteiger partial charge in [0, 0.05) is 22.1 Å². The van der Waals surface area contributed by atoms with Gasteiger partial charge >= 0.3 is 0 Å². The molecule has 5 heteroatoms. The number of carbonyl (C=O) groups is 1. The smallest absolute Gasteiger partial charge is 0.273 e. The third-order valence-corrected chi connectivity index (χ3v) is 4.66. The Hall–Kier alpha value is -2.40. The number of thioether (sulfide) groups is 1. The third-order valence-electron chi connectivity index (χ3n) is 3.56. The molecule has 22 heavy (non-hydrogen) atoms. The number of nitrogens with zero attached hydrogens (tertiary/aromatic N) is 1. The van der Waals surface area contributed by atoms with Crippen LogP contribution >= 0.6 is 11.8 Å². The van der Waals surface area contributed by atoms with E-state index in [9.17, 15) is 14.9 Å². The Morgan fingerprint density at radius 1 is 1.23 bits per heavy atom. The Morgan fingerprint density at radius 2 is 2.00 bits per heavy atom. The van der Waals surface area contributed by atoms with E-state index in [1.54, 1.807) is 18.2 Å². The predicted molar refractivity (Wildman–Crippen MR) is 87.1 cm³/mol. The van der Waals surface area contributed by atoms with Crippen LogP contribution in [0.25, 0.3) is 6.08 Å². The molecule has 0 saturated heterocycles. The van der Waals surface area contributed by atoms with Crippen molar-refractivity contribution in [2.75, 3.05) is 0 Å². The van der Waals surface area contributed by atoms with Crippen molar-refractivity contribution >= 4 is 29.3 Å². The van der Waals surface area contributed by atoms with Crippen LogP contribution in [0.3, 0.4) is 0 Å². The van der Waals surface area contributed by atoms with E-state index < -0.39 is 0 Å². The number of Topliss-reactive ketones (excluding diaryl/α,β-unsaturated/α-hetero) is 1. The number of benzene rings is 2. The maximum Gasteiger partial charge on any atom is 0.273 e. The van der Waals surface area contributed by atoms with E-state index >= 15 is 0 Å². The predicted octanol–water partition coefficient (Wildman–Crippen LogP) is 4.49. The van der Waals surface area contributed by atoms with Gasteiger partial charge in [-0.15, -0.1) is 0 Å². The van der Waals surface area contributed by atoms with Crippen molar-refractivity contribution in [1.29, 1.82) is 0 Å². The van der Waals surface area contributed by atoms with Gasteiger partial charge in [0.25, 0.3) is 5.69 Å². The lowest BCUT2D eigenvalue weighted by molar-refractivity contribution is -0.385. The number of aryl methyl sites for hydroxylation is 1. The van der Waals surface area contributed by atoms with E-state index in [1.165, 1.54) is 17.8 Å². The largest absolute Gasteiger partial charge is 0.288 e. The Bertz CT molecular complexity index is 811. The molecule has 0 radical (unpaired) electrons. The average Bonchev–Trinajstić information content (AvgIpc) is 2.84. The van der Waals surface area contributed by atoms with Gasteiger partial charge in [-0.2, -0.15) is 0 Å². The number of rotatable bonds is 3. The molecule has 110 valence electrons. The number of allylic oxidation sites excluding steroid dienone is 1. The van der Waals surface area contributed by atoms with Gasteiger partial charge in [-0.05, 0) is 30.2 Å². The van der Waals surface area contributed by atoms with Crippen LogP contribution in [0.2, 0.25) is 0 Å². The SMILES string of the molecule is CCc1ccc(/C=C2\Sc3ccccc3C2=O)cc1[N+](=O)[O-]. The molecule has 0 unspecified atom stereocenters. The highest BCUT2D eigenvalue weighted by atomic mass is 32.2. The molecule has 0 aliphatic carbocycles. The van der Waals surface area contributed by atoms with Gasteiger partial charge in [0.1, 0.15) is 0 Å². The Balaban J connectivity index is 1.99. The van der Waals surface area contributed by atoms with Gasteiger partial charge in [0.05, 0.1) is 9.83 Å². The summed E-state index contributed by atoms with van der Waals surface area (Å²) in [6.45, 7) is 1.88. The van der Waals surface area contributed by atoms with E-state index in [0.29, 0.717) is 28.0 Å². The monoisotopic (exact) mass is 311 g/mol. The summed E-state index contributed by atoms with van der Waals surface area (Å²) in [6.07, 6.45) is 2.33. The highest BCUT2D eigenvalue weighted by Crippen LogP contribution is 2.40. The van der Waals surface area contributed by atoms with Crippen LogP contribution < -0.4 is 0 Å². The van der Waals surface area contributed by atoms with Crippen molar-refractivity contribution in [3.05, 3.63) is 74.2 Å². The van der Waals surface area contributed by atoms with Gasteiger partial charge < -0.3 is 0 Å². The highest BCUT2D eigenvalue weighted by molar-refractivity contribution is 8.04. The van der Waals surface area contributed by atoms with Crippen LogP contribution in [0.1, 0.15) is 28.4 Å². The Labute approximate surface area is 132 Å². The number of hydrogen-bond acceptors (Lipinski definition) is 4. The lowest BCUT2D eigenvalue weighted by atomic mass is 10.1. The average molecular weight is 311 g/mol. The molecule has 2 aromatic rings. The first-order valence-electron chi connectivity index (χ1n) is 6.90. The maximum absolute atomic E-state index is 12.3. The lowest BCUT2D eigenvalue weighted by Crippen LogP contribution is -1.96. The summed E-state index contributed by atoms with van der Waals surface area (Å²) < 4.78 is 0. The molecule has 0 spiro atoms. The minimum Gasteiger partial charge on any atom is -0.288 e. The van der Waals surface area contributed by atoms with E-state index in [-0.39, 0.29) is 16.4 Å². The van der Waals surface area contributed by atoms with Gasteiger partial charge in [0.15, 0.2) is 0 Å². The third kappa shape index (κ3) is 2.55. The fraction of sp³-hybridized carbons (Fsp3) is 0.118. The van der Waals surface area contributed by atoms with Gasteiger partial charge in [0.2, 0.25) is 5.78 Å². The van der Waals surface area contributed by atoms with Crippen LogP contribution in [-0.2, 0) is 6.42 Å². The van der Waals surface area contributed by atoms with Crippen LogP contribution in [0, 0.1) is 10.1 Å². The van der Waals surface area contributed by atoms with Gasteiger partial charge in [-0.25, -0.2) is 0 Å². The molecular weight excluding hydrogens is 298 g/mol. The molecular formula is C17H13NO3S. The van der Waals surface area contributed by atoms with Gasteiger partial charge in [-0.3, -0.25) is 14.9 Å². The van der Waals surface area contributed by atoms with Crippen molar-refractivity contribution in [2.24, 2.45) is 0 Å². The summed E-state index contributed by atoms with van der Waals surface area (Å²) in [6, 6.07) is 12.5. The summed E-state index contributed by atoms with van der Waals surface area (Å²) in [7, 11) is 0. The zero-order valence-corrected chi connectivity index (χ0v) is 12.7. The highest BCUT2D eigenvalue weighted by Gasteiger charge is 2.25. The van der Waals surface area contributed by atoms with E-state index in [0.717, 1.165) is 4.90 Å². The molecule has 0 fully saturated rings. The molecule has 0 amide bonds. The van der Waals surface area contributed by atoms with E-state index in [1.807, 2.05) is 31.2 Å². The Morgan fingerprint density at radius 3 is 2.68 bits per heavy atom. The molecule has 1 aliphatic heterocycles. The molecule has 4 nitrogen and oxygen atoms in total. The standard InChI is InChI=1S/C17H13NO3S/c1-2-12-8-7-11(9-14(12)18(20)21)10-16-17(19)13-5-3-4-6-15(13)22-16/h3-10H,2H2,1H3/b16-10-. The van der Waals surface area contributed by atoms with Crippen LogP contribution in [0.5, 0.6) is 0 Å². The lowest BCUT2D eigenvalue weighted by Gasteiger charge is -2.02. The summed E-state index contributed by atoms with van der Waals surface area (Å²) in [5.41, 5.74) is 2.16. The number of nitro benzene ring substituents is 1. The summed E-state index contributed by atoms with van der Waals surface area (Å²) in [4.78, 5) is 24.6. The van der Waals surface area contributed by atoms with Crippen molar-refractivity contribution < 1.29 is 9.72 Å². The van der Waals surface area contributed by atoms with Crippen molar-refractivity contribution in [1.82, 2.24) is 0 Å². The molecule has 3 rings (SSSR count). The molecule has 0 atom stereocenters. The number of ketones is 1. The minimum atomic E-state index is -0.376. The quantitative estimate of drug-likeness (QED) is 0.476. The zero-order valence-electron chi connectivity index (χ0n) is 11.9. The maximum atomic E-state index is 12.3. The fourth-order valence-corrected chi connectivity index (χ4v) is 3.48. The summed E-state index contributed by atoms with van der Waals surface area (Å²) in [5.74, 6) is -0.0252. The van der Waals surface area contributed by atoms with Crippen LogP contribution in [-0.4, -0.2) is 10.7 Å². The van der Waals surface area contributed by atoms with Gasteiger partial charge in [-0.1, -0.05) is 43.0 Å². The first kappa shape index (κ1) is 14.5. The molecule has 0 aromatic heterocycles. The molecule has 2 aromatic carbocycles. The normalized spacial score (nSPS) is 15.1. The topological polar surface area (TPSA) is 60.2 Å². The molecule has 1 heterocycles. The van der Waals surface area contributed by atoms with Crippen molar-refractivity contribution in [3.8, 4) is 0 Å². The molecule has 0 bridgehead atoms. The number of nitro groups is 1. The molecule has 1 aliphatic rings. The number of carbonyl (C=O) groups excluding carboxylic acids is 1. The van der Waals surface area contributed by atoms with Crippen molar-refractivity contribution in [3.63, 3.8) is 0 Å². The first-order valence-corrected chi connectivity index (χ1v) is 7.72. The zero-order chi connectivity index (χ0) is 15.7. The minimum absolute atomic E-state index is 0.0252. The first-order chi connectivity index (χ1) is 10.6. The van der Waals surface area contributed by atoms with Crippen molar-refractivity contribution in [2.45, 2.75) is 18.2 Å². The van der Waals surface area contributed by atoms with E-state index in [4.69, 9.17) is 0 Å².